The van der Waals surface area contributed by atoms with Crippen molar-refractivity contribution in [2.45, 2.75) is 6.42 Å². The van der Waals surface area contributed by atoms with Crippen LogP contribution >= 0.6 is 35.1 Å². The van der Waals surface area contributed by atoms with E-state index in [4.69, 9.17) is 32.7 Å². The number of methoxy groups -OCH3 is 1. The van der Waals surface area contributed by atoms with Gasteiger partial charge in [0, 0.05) is 18.4 Å². The number of halogens is 2. The molecule has 0 saturated carbocycles. The zero-order valence-electron chi connectivity index (χ0n) is 16.2. The number of nitrogens with one attached hydrogen (secondary N) is 1. The fraction of sp³-hybridized carbons (Fsp3) is 0.238. The molecular weight excluding hydrogens is 431 g/mol. The van der Waals surface area contributed by atoms with Crippen LogP contribution in [0.4, 0.5) is 0 Å². The van der Waals surface area contributed by atoms with Crippen LogP contribution in [0.2, 0.25) is 10.0 Å². The van der Waals surface area contributed by atoms with Crippen molar-refractivity contribution in [3.63, 3.8) is 0 Å². The first-order valence-corrected chi connectivity index (χ1v) is 10.7. The maximum Gasteiger partial charge on any atom is 0.271 e. The Morgan fingerprint density at radius 1 is 1.21 bits per heavy atom. The van der Waals surface area contributed by atoms with Crippen LogP contribution in [0.1, 0.15) is 11.1 Å². The van der Waals surface area contributed by atoms with Crippen LogP contribution in [0.15, 0.2) is 53.5 Å². The maximum atomic E-state index is 12.6. The van der Waals surface area contributed by atoms with E-state index in [9.17, 15) is 4.79 Å². The summed E-state index contributed by atoms with van der Waals surface area (Å²) in [4.78, 5) is 12.6. The summed E-state index contributed by atoms with van der Waals surface area (Å²) >= 11 is 13.2. The number of ether oxygens (including phenoxy) is 2. The van der Waals surface area contributed by atoms with Crippen molar-refractivity contribution in [1.82, 2.24) is 5.32 Å². The second-order valence-electron chi connectivity index (χ2n) is 5.84. The lowest BCUT2D eigenvalue weighted by atomic mass is 10.1. The lowest BCUT2D eigenvalue weighted by Crippen LogP contribution is -2.33. The van der Waals surface area contributed by atoms with E-state index in [0.717, 1.165) is 5.56 Å². The largest absolute Gasteiger partial charge is 0.493 e. The van der Waals surface area contributed by atoms with Crippen molar-refractivity contribution < 1.29 is 14.3 Å². The molecule has 0 radical (unpaired) electrons. The van der Waals surface area contributed by atoms with Crippen LogP contribution in [-0.4, -0.2) is 38.1 Å². The number of hydrogen-bond acceptors (Lipinski definition) is 5. The van der Waals surface area contributed by atoms with Gasteiger partial charge in [-0.1, -0.05) is 48.0 Å². The molecule has 1 N–H and O–H groups in total. The van der Waals surface area contributed by atoms with Gasteiger partial charge in [0.2, 0.25) is 0 Å². The van der Waals surface area contributed by atoms with E-state index in [2.05, 4.69) is 16.3 Å². The van der Waals surface area contributed by atoms with Crippen molar-refractivity contribution in [2.75, 3.05) is 26.5 Å². The van der Waals surface area contributed by atoms with E-state index in [-0.39, 0.29) is 5.91 Å². The van der Waals surface area contributed by atoms with Gasteiger partial charge >= 0.3 is 0 Å². The summed E-state index contributed by atoms with van der Waals surface area (Å²) < 4.78 is 15.1. The smallest absolute Gasteiger partial charge is 0.271 e. The Hall–Kier alpha value is -2.15. The Balaban J connectivity index is 2.02. The molecule has 0 atom stereocenters. The first kappa shape index (κ1) is 23.1. The SMILES string of the molecule is C=CCOc1ccc(CCNC(=O)/C(=N/SC)c2ccc(Cl)c(Cl)c2)cc1OC. The van der Waals surface area contributed by atoms with Crippen molar-refractivity contribution in [2.24, 2.45) is 4.40 Å². The number of rotatable bonds is 10. The van der Waals surface area contributed by atoms with E-state index in [1.165, 1.54) is 11.9 Å². The normalized spacial score (nSPS) is 11.1. The van der Waals surface area contributed by atoms with Crippen molar-refractivity contribution in [3.05, 3.63) is 70.2 Å². The maximum absolute atomic E-state index is 12.6. The van der Waals surface area contributed by atoms with Gasteiger partial charge in [-0.3, -0.25) is 4.79 Å². The van der Waals surface area contributed by atoms with E-state index in [0.29, 0.717) is 52.4 Å². The van der Waals surface area contributed by atoms with Gasteiger partial charge in [-0.05, 0) is 48.2 Å². The highest BCUT2D eigenvalue weighted by Gasteiger charge is 2.15. The van der Waals surface area contributed by atoms with Crippen molar-refractivity contribution >= 4 is 46.8 Å². The third kappa shape index (κ3) is 6.70. The Morgan fingerprint density at radius 3 is 2.66 bits per heavy atom. The zero-order valence-corrected chi connectivity index (χ0v) is 18.5. The summed E-state index contributed by atoms with van der Waals surface area (Å²) in [5, 5.41) is 3.69. The van der Waals surface area contributed by atoms with Crippen molar-refractivity contribution in [1.29, 1.82) is 0 Å². The minimum Gasteiger partial charge on any atom is -0.493 e. The number of benzene rings is 2. The predicted octanol–water partition coefficient (Wildman–Crippen LogP) is 4.99. The van der Waals surface area contributed by atoms with E-state index in [1.54, 1.807) is 37.6 Å². The first-order chi connectivity index (χ1) is 14.0. The zero-order chi connectivity index (χ0) is 21.2. The summed E-state index contributed by atoms with van der Waals surface area (Å²) in [5.74, 6) is 1.00. The molecule has 0 unspecified atom stereocenters. The number of carbonyl (C=O) groups excluding carboxylic acids is 1. The number of nitrogens with zero attached hydrogens (tertiary/aromatic N) is 1. The summed E-state index contributed by atoms with van der Waals surface area (Å²) in [6.07, 6.45) is 4.08. The molecule has 154 valence electrons. The third-order valence-corrected chi connectivity index (χ3v) is 4.98. The standard InChI is InChI=1S/C21H22Cl2N2O3S/c1-4-11-28-18-8-5-14(12-19(18)27-2)9-10-24-21(26)20(25-29-3)15-6-7-16(22)17(23)13-15/h4-8,12-13H,1,9-11H2,2-3H3,(H,24,26)/b25-20+. The molecule has 0 heterocycles. The lowest BCUT2D eigenvalue weighted by Gasteiger charge is -2.12. The van der Waals surface area contributed by atoms with E-state index >= 15 is 0 Å². The molecule has 0 aliphatic heterocycles. The second kappa shape index (κ2) is 11.8. The van der Waals surface area contributed by atoms with Crippen LogP contribution in [0, 0.1) is 0 Å². The summed E-state index contributed by atoms with van der Waals surface area (Å²) in [6.45, 7) is 4.47. The lowest BCUT2D eigenvalue weighted by molar-refractivity contribution is -0.114. The highest BCUT2D eigenvalue weighted by molar-refractivity contribution is 7.97. The van der Waals surface area contributed by atoms with Gasteiger partial charge in [0.05, 0.1) is 17.2 Å². The highest BCUT2D eigenvalue weighted by Crippen LogP contribution is 2.28. The van der Waals surface area contributed by atoms with E-state index < -0.39 is 0 Å². The molecule has 0 bridgehead atoms. The van der Waals surface area contributed by atoms with Crippen LogP contribution in [0.3, 0.4) is 0 Å². The molecule has 1 amide bonds. The summed E-state index contributed by atoms with van der Waals surface area (Å²) in [6, 6.07) is 10.7. The van der Waals surface area contributed by atoms with Crippen LogP contribution in [-0.2, 0) is 11.2 Å². The minimum atomic E-state index is -0.282. The fourth-order valence-electron chi connectivity index (χ4n) is 2.50. The van der Waals surface area contributed by atoms with Gasteiger partial charge in [-0.25, -0.2) is 4.40 Å². The number of hydrogen-bond donors (Lipinski definition) is 1. The van der Waals surface area contributed by atoms with Gasteiger partial charge in [0.25, 0.3) is 5.91 Å². The van der Waals surface area contributed by atoms with Crippen LogP contribution < -0.4 is 14.8 Å². The Labute approximate surface area is 185 Å². The van der Waals surface area contributed by atoms with Crippen LogP contribution in [0.25, 0.3) is 0 Å². The molecule has 0 aliphatic carbocycles. The van der Waals surface area contributed by atoms with Gasteiger partial charge in [-0.2, -0.15) is 0 Å². The van der Waals surface area contributed by atoms with Gasteiger partial charge in [-0.15, -0.1) is 0 Å². The minimum absolute atomic E-state index is 0.282. The van der Waals surface area contributed by atoms with Gasteiger partial charge in [0.1, 0.15) is 12.3 Å². The summed E-state index contributed by atoms with van der Waals surface area (Å²) in [7, 11) is 1.59. The molecule has 2 aromatic rings. The molecule has 5 nitrogen and oxygen atoms in total. The predicted molar refractivity (Wildman–Crippen MR) is 122 cm³/mol. The summed E-state index contributed by atoms with van der Waals surface area (Å²) in [5.41, 5.74) is 1.91. The molecular formula is C21H22Cl2N2O3S. The second-order valence-corrected chi connectivity index (χ2v) is 7.20. The topological polar surface area (TPSA) is 59.9 Å². The Bertz CT molecular complexity index is 903. The fourth-order valence-corrected chi connectivity index (χ4v) is 3.17. The Morgan fingerprint density at radius 2 is 2.00 bits per heavy atom. The van der Waals surface area contributed by atoms with E-state index in [1.807, 2.05) is 18.2 Å². The number of carbonyl (C=O) groups is 1. The average Bonchev–Trinajstić information content (AvgIpc) is 2.72. The molecule has 0 fully saturated rings. The van der Waals surface area contributed by atoms with Gasteiger partial charge in [0.15, 0.2) is 11.5 Å². The quantitative estimate of drug-likeness (QED) is 0.313. The monoisotopic (exact) mass is 452 g/mol. The first-order valence-electron chi connectivity index (χ1n) is 8.75. The average molecular weight is 453 g/mol. The Kier molecular flexibility index (Phi) is 9.38. The van der Waals surface area contributed by atoms with Crippen molar-refractivity contribution in [3.8, 4) is 11.5 Å². The van der Waals surface area contributed by atoms with Gasteiger partial charge < -0.3 is 14.8 Å². The molecule has 8 heteroatoms. The third-order valence-electron chi connectivity index (χ3n) is 3.87. The highest BCUT2D eigenvalue weighted by atomic mass is 35.5. The molecule has 0 saturated heterocycles. The number of amides is 1. The molecule has 0 aromatic heterocycles. The van der Waals surface area contributed by atoms with Crippen LogP contribution in [0.5, 0.6) is 11.5 Å². The molecule has 0 aliphatic rings. The molecule has 2 rings (SSSR count). The molecule has 2 aromatic carbocycles. The molecule has 29 heavy (non-hydrogen) atoms. The molecule has 0 spiro atoms.